The maximum absolute atomic E-state index is 13.2. The molecule has 0 saturated heterocycles. The molecule has 0 radical (unpaired) electrons. The van der Waals surface area contributed by atoms with E-state index < -0.39 is 11.6 Å². The Labute approximate surface area is 109 Å². The van der Waals surface area contributed by atoms with Gasteiger partial charge in [-0.2, -0.15) is 0 Å². The molecule has 18 heavy (non-hydrogen) atoms. The molecule has 1 aromatic carbocycles. The lowest BCUT2D eigenvalue weighted by atomic mass is 10.2. The van der Waals surface area contributed by atoms with Crippen molar-refractivity contribution in [1.29, 1.82) is 0 Å². The van der Waals surface area contributed by atoms with E-state index in [0.29, 0.717) is 25.3 Å². The van der Waals surface area contributed by atoms with Crippen LogP contribution >= 0.6 is 11.3 Å². The van der Waals surface area contributed by atoms with E-state index in [0.717, 1.165) is 10.9 Å². The summed E-state index contributed by atoms with van der Waals surface area (Å²) in [6.45, 7) is 1.72. The van der Waals surface area contributed by atoms with Gasteiger partial charge in [0.25, 0.3) is 0 Å². The van der Waals surface area contributed by atoms with Gasteiger partial charge in [-0.3, -0.25) is 0 Å². The Morgan fingerprint density at radius 2 is 2.00 bits per heavy atom. The molecule has 0 aliphatic carbocycles. The van der Waals surface area contributed by atoms with Crippen molar-refractivity contribution in [2.45, 2.75) is 6.54 Å². The van der Waals surface area contributed by atoms with Gasteiger partial charge in [-0.1, -0.05) is 6.07 Å². The summed E-state index contributed by atoms with van der Waals surface area (Å²) in [6.07, 6.45) is 0. The fourth-order valence-corrected chi connectivity index (χ4v) is 2.45. The largest absolute Gasteiger partial charge is 0.365 e. The number of rotatable bonds is 5. The zero-order valence-electron chi connectivity index (χ0n) is 9.77. The molecule has 0 atom stereocenters. The van der Waals surface area contributed by atoms with E-state index in [-0.39, 0.29) is 0 Å². The van der Waals surface area contributed by atoms with E-state index in [2.05, 4.69) is 0 Å². The van der Waals surface area contributed by atoms with Crippen molar-refractivity contribution in [3.05, 3.63) is 52.2 Å². The Hall–Kier alpha value is -1.46. The summed E-state index contributed by atoms with van der Waals surface area (Å²) in [7, 11) is 0. The molecule has 2 rings (SSSR count). The van der Waals surface area contributed by atoms with E-state index in [1.165, 1.54) is 6.07 Å². The van der Waals surface area contributed by atoms with Crippen LogP contribution in [0.5, 0.6) is 0 Å². The standard InChI is InChI=1S/C13H14F2N2S/c14-12-4-3-10(8-13(12)15)17(6-5-16)9-11-2-1-7-18-11/h1-4,7-8H,5-6,9,16H2. The normalized spacial score (nSPS) is 10.6. The minimum absolute atomic E-state index is 0.463. The first-order valence-corrected chi connectivity index (χ1v) is 6.51. The number of hydrogen-bond acceptors (Lipinski definition) is 3. The van der Waals surface area contributed by atoms with Gasteiger partial charge in [0.15, 0.2) is 11.6 Å². The van der Waals surface area contributed by atoms with E-state index in [4.69, 9.17) is 5.73 Å². The molecule has 2 aromatic rings. The van der Waals surface area contributed by atoms with Crippen molar-refractivity contribution in [2.24, 2.45) is 5.73 Å². The molecule has 0 aliphatic rings. The van der Waals surface area contributed by atoms with Crippen LogP contribution in [0.4, 0.5) is 14.5 Å². The van der Waals surface area contributed by atoms with Crippen molar-refractivity contribution < 1.29 is 8.78 Å². The van der Waals surface area contributed by atoms with Crippen molar-refractivity contribution in [2.75, 3.05) is 18.0 Å². The Kier molecular flexibility index (Phi) is 4.28. The zero-order valence-corrected chi connectivity index (χ0v) is 10.6. The molecule has 1 heterocycles. The first-order valence-electron chi connectivity index (χ1n) is 5.63. The van der Waals surface area contributed by atoms with Gasteiger partial charge in [0.05, 0.1) is 6.54 Å². The molecule has 2 nitrogen and oxygen atoms in total. The quantitative estimate of drug-likeness (QED) is 0.903. The second-order valence-corrected chi connectivity index (χ2v) is 4.92. The van der Waals surface area contributed by atoms with Crippen molar-refractivity contribution in [3.63, 3.8) is 0 Å². The van der Waals surface area contributed by atoms with Gasteiger partial charge >= 0.3 is 0 Å². The smallest absolute Gasteiger partial charge is 0.160 e. The maximum atomic E-state index is 13.2. The van der Waals surface area contributed by atoms with Crippen LogP contribution in [-0.2, 0) is 6.54 Å². The van der Waals surface area contributed by atoms with Crippen molar-refractivity contribution in [3.8, 4) is 0 Å². The molecule has 96 valence electrons. The van der Waals surface area contributed by atoms with Crippen LogP contribution in [0.2, 0.25) is 0 Å². The van der Waals surface area contributed by atoms with E-state index in [1.807, 2.05) is 22.4 Å². The number of benzene rings is 1. The van der Waals surface area contributed by atoms with Crippen molar-refractivity contribution in [1.82, 2.24) is 0 Å². The van der Waals surface area contributed by atoms with E-state index in [1.54, 1.807) is 17.4 Å². The lowest BCUT2D eigenvalue weighted by Gasteiger charge is -2.23. The first kappa shape index (κ1) is 13.0. The number of thiophene rings is 1. The molecular weight excluding hydrogens is 254 g/mol. The summed E-state index contributed by atoms with van der Waals surface area (Å²) in [5.41, 5.74) is 6.20. The summed E-state index contributed by atoms with van der Waals surface area (Å²) in [5.74, 6) is -1.66. The molecule has 0 aliphatic heterocycles. The number of nitrogens with zero attached hydrogens (tertiary/aromatic N) is 1. The summed E-state index contributed by atoms with van der Waals surface area (Å²) in [6, 6.07) is 7.89. The molecule has 5 heteroatoms. The summed E-state index contributed by atoms with van der Waals surface area (Å²) >= 11 is 1.63. The summed E-state index contributed by atoms with van der Waals surface area (Å²) in [4.78, 5) is 3.10. The van der Waals surface area contributed by atoms with E-state index in [9.17, 15) is 8.78 Å². The highest BCUT2D eigenvalue weighted by molar-refractivity contribution is 7.09. The lowest BCUT2D eigenvalue weighted by Crippen LogP contribution is -2.28. The van der Waals surface area contributed by atoms with Gasteiger partial charge in [-0.15, -0.1) is 11.3 Å². The molecule has 0 bridgehead atoms. The van der Waals surface area contributed by atoms with Crippen LogP contribution in [0, 0.1) is 11.6 Å². The highest BCUT2D eigenvalue weighted by Gasteiger charge is 2.10. The van der Waals surface area contributed by atoms with Gasteiger partial charge in [0, 0.05) is 29.7 Å². The maximum Gasteiger partial charge on any atom is 0.160 e. The molecule has 0 amide bonds. The highest BCUT2D eigenvalue weighted by Crippen LogP contribution is 2.21. The third-order valence-corrected chi connectivity index (χ3v) is 3.46. The molecular formula is C13H14F2N2S. The third kappa shape index (κ3) is 3.05. The van der Waals surface area contributed by atoms with Gasteiger partial charge in [-0.05, 0) is 23.6 Å². The zero-order chi connectivity index (χ0) is 13.0. The monoisotopic (exact) mass is 268 g/mol. The number of hydrogen-bond donors (Lipinski definition) is 1. The third-order valence-electron chi connectivity index (χ3n) is 2.59. The van der Waals surface area contributed by atoms with Crippen LogP contribution in [0.1, 0.15) is 4.88 Å². The van der Waals surface area contributed by atoms with Crippen LogP contribution in [0.25, 0.3) is 0 Å². The number of nitrogens with two attached hydrogens (primary N) is 1. The minimum atomic E-state index is -0.833. The molecule has 0 spiro atoms. The second kappa shape index (κ2) is 5.93. The number of anilines is 1. The molecule has 1 aromatic heterocycles. The number of halogens is 2. The molecule has 0 fully saturated rings. The van der Waals surface area contributed by atoms with Gasteiger partial charge in [-0.25, -0.2) is 8.78 Å². The van der Waals surface area contributed by atoms with Gasteiger partial charge < -0.3 is 10.6 Å². The Balaban J connectivity index is 2.20. The van der Waals surface area contributed by atoms with Crippen LogP contribution in [-0.4, -0.2) is 13.1 Å². The Bertz CT molecular complexity index is 500. The molecule has 0 unspecified atom stereocenters. The average Bonchev–Trinajstić information content (AvgIpc) is 2.85. The van der Waals surface area contributed by atoms with Crippen LogP contribution < -0.4 is 10.6 Å². The van der Waals surface area contributed by atoms with Gasteiger partial charge in [0.2, 0.25) is 0 Å². The summed E-state index contributed by atoms with van der Waals surface area (Å²) < 4.78 is 26.1. The lowest BCUT2D eigenvalue weighted by molar-refractivity contribution is 0.508. The van der Waals surface area contributed by atoms with Crippen LogP contribution in [0.3, 0.4) is 0 Å². The Morgan fingerprint density at radius 1 is 1.17 bits per heavy atom. The highest BCUT2D eigenvalue weighted by atomic mass is 32.1. The van der Waals surface area contributed by atoms with Crippen LogP contribution in [0.15, 0.2) is 35.7 Å². The van der Waals surface area contributed by atoms with Gasteiger partial charge in [0.1, 0.15) is 0 Å². The predicted octanol–water partition coefficient (Wildman–Crippen LogP) is 2.99. The minimum Gasteiger partial charge on any atom is -0.365 e. The summed E-state index contributed by atoms with van der Waals surface area (Å²) in [5, 5.41) is 1.99. The first-order chi connectivity index (χ1) is 8.70. The second-order valence-electron chi connectivity index (χ2n) is 3.89. The fraction of sp³-hybridized carbons (Fsp3) is 0.231. The fourth-order valence-electron chi connectivity index (χ4n) is 1.73. The molecule has 0 saturated carbocycles. The van der Waals surface area contributed by atoms with E-state index >= 15 is 0 Å². The Morgan fingerprint density at radius 3 is 2.61 bits per heavy atom. The SMILES string of the molecule is NCCN(Cc1cccs1)c1ccc(F)c(F)c1. The predicted molar refractivity (Wildman–Crippen MR) is 70.8 cm³/mol. The topological polar surface area (TPSA) is 29.3 Å². The molecule has 2 N–H and O–H groups in total. The average molecular weight is 268 g/mol. The van der Waals surface area contributed by atoms with Crippen molar-refractivity contribution >= 4 is 17.0 Å².